The maximum atomic E-state index is 13.1. The second kappa shape index (κ2) is 5.38. The lowest BCUT2D eigenvalue weighted by molar-refractivity contribution is -0.121. The lowest BCUT2D eigenvalue weighted by Gasteiger charge is -2.30. The van der Waals surface area contributed by atoms with Crippen LogP contribution in [-0.2, 0) is 14.8 Å². The van der Waals surface area contributed by atoms with Crippen molar-refractivity contribution in [3.8, 4) is 0 Å². The molecule has 0 aromatic heterocycles. The second-order valence-corrected chi connectivity index (χ2v) is 6.68. The minimum Gasteiger partial charge on any atom is -0.300 e. The predicted octanol–water partition coefficient (Wildman–Crippen LogP) is 1.82. The third-order valence-electron chi connectivity index (χ3n) is 3.46. The van der Waals surface area contributed by atoms with Crippen molar-refractivity contribution in [2.24, 2.45) is 5.92 Å². The molecular formula is C13H16FNO3S. The zero-order chi connectivity index (χ0) is 14.0. The van der Waals surface area contributed by atoms with Crippen molar-refractivity contribution in [3.63, 3.8) is 0 Å². The van der Waals surface area contributed by atoms with Gasteiger partial charge in [0.2, 0.25) is 10.0 Å². The van der Waals surface area contributed by atoms with Gasteiger partial charge in [0.25, 0.3) is 0 Å². The van der Waals surface area contributed by atoms with Crippen LogP contribution in [-0.4, -0.2) is 31.6 Å². The minimum absolute atomic E-state index is 0.0335. The van der Waals surface area contributed by atoms with Crippen LogP contribution in [0.2, 0.25) is 0 Å². The van der Waals surface area contributed by atoms with Gasteiger partial charge in [-0.1, -0.05) is 6.07 Å². The molecule has 0 unspecified atom stereocenters. The zero-order valence-electron chi connectivity index (χ0n) is 10.7. The first-order chi connectivity index (χ1) is 8.91. The van der Waals surface area contributed by atoms with E-state index in [-0.39, 0.29) is 16.6 Å². The van der Waals surface area contributed by atoms with E-state index >= 15 is 0 Å². The summed E-state index contributed by atoms with van der Waals surface area (Å²) in [6.45, 7) is 2.15. The van der Waals surface area contributed by atoms with Gasteiger partial charge in [0.1, 0.15) is 11.6 Å². The first-order valence-electron chi connectivity index (χ1n) is 6.17. The number of piperidine rings is 1. The molecule has 0 amide bonds. The minimum atomic E-state index is -3.65. The molecule has 1 saturated heterocycles. The highest BCUT2D eigenvalue weighted by molar-refractivity contribution is 7.89. The van der Waals surface area contributed by atoms with Crippen LogP contribution in [0, 0.1) is 11.7 Å². The summed E-state index contributed by atoms with van der Waals surface area (Å²) in [4.78, 5) is 11.2. The Labute approximate surface area is 112 Å². The average Bonchev–Trinajstić information content (AvgIpc) is 2.39. The third kappa shape index (κ3) is 3.01. The van der Waals surface area contributed by atoms with Crippen molar-refractivity contribution in [2.75, 3.05) is 13.1 Å². The number of nitrogens with zero attached hydrogens (tertiary/aromatic N) is 1. The van der Waals surface area contributed by atoms with E-state index in [1.54, 1.807) is 0 Å². The molecule has 1 aromatic rings. The Kier molecular flexibility index (Phi) is 4.01. The Morgan fingerprint density at radius 2 is 1.95 bits per heavy atom. The molecule has 0 aliphatic carbocycles. The summed E-state index contributed by atoms with van der Waals surface area (Å²) in [5, 5.41) is 0. The van der Waals surface area contributed by atoms with Crippen molar-refractivity contribution < 1.29 is 17.6 Å². The van der Waals surface area contributed by atoms with E-state index in [1.807, 2.05) is 0 Å². The van der Waals surface area contributed by atoms with Crippen molar-refractivity contribution in [1.29, 1.82) is 0 Å². The number of hydrogen-bond acceptors (Lipinski definition) is 3. The predicted molar refractivity (Wildman–Crippen MR) is 68.6 cm³/mol. The van der Waals surface area contributed by atoms with Crippen LogP contribution in [0.1, 0.15) is 19.8 Å². The fraction of sp³-hybridized carbons (Fsp3) is 0.462. The van der Waals surface area contributed by atoms with E-state index < -0.39 is 15.8 Å². The van der Waals surface area contributed by atoms with E-state index in [4.69, 9.17) is 0 Å². The van der Waals surface area contributed by atoms with E-state index in [2.05, 4.69) is 0 Å². The number of halogens is 1. The van der Waals surface area contributed by atoms with Crippen molar-refractivity contribution in [3.05, 3.63) is 30.1 Å². The fourth-order valence-corrected chi connectivity index (χ4v) is 3.78. The van der Waals surface area contributed by atoms with Gasteiger partial charge in [-0.05, 0) is 38.0 Å². The Bertz CT molecular complexity index is 577. The summed E-state index contributed by atoms with van der Waals surface area (Å²) in [6.07, 6.45) is 1.06. The number of sulfonamides is 1. The molecule has 0 spiro atoms. The molecule has 4 nitrogen and oxygen atoms in total. The summed E-state index contributed by atoms with van der Waals surface area (Å²) >= 11 is 0. The molecule has 1 fully saturated rings. The van der Waals surface area contributed by atoms with Gasteiger partial charge >= 0.3 is 0 Å². The molecule has 1 aliphatic heterocycles. The molecule has 0 radical (unpaired) electrons. The van der Waals surface area contributed by atoms with Crippen LogP contribution in [0.4, 0.5) is 4.39 Å². The first-order valence-corrected chi connectivity index (χ1v) is 7.61. The van der Waals surface area contributed by atoms with Crippen LogP contribution in [0.25, 0.3) is 0 Å². The molecule has 104 valence electrons. The van der Waals surface area contributed by atoms with E-state index in [0.717, 1.165) is 6.07 Å². The summed E-state index contributed by atoms with van der Waals surface area (Å²) in [6, 6.07) is 4.99. The second-order valence-electron chi connectivity index (χ2n) is 4.75. The highest BCUT2D eigenvalue weighted by Crippen LogP contribution is 2.24. The van der Waals surface area contributed by atoms with Gasteiger partial charge in [-0.3, -0.25) is 4.79 Å². The topological polar surface area (TPSA) is 54.5 Å². The van der Waals surface area contributed by atoms with Crippen LogP contribution in [0.5, 0.6) is 0 Å². The Hall–Kier alpha value is -1.27. The van der Waals surface area contributed by atoms with Crippen LogP contribution >= 0.6 is 0 Å². The fourth-order valence-electron chi connectivity index (χ4n) is 2.28. The summed E-state index contributed by atoms with van der Waals surface area (Å²) in [5.41, 5.74) is 0. The van der Waals surface area contributed by atoms with Gasteiger partial charge in [-0.2, -0.15) is 4.31 Å². The number of benzene rings is 1. The molecule has 0 saturated carbocycles. The van der Waals surface area contributed by atoms with E-state index in [1.165, 1.54) is 29.4 Å². The molecule has 0 atom stereocenters. The molecule has 2 rings (SSSR count). The standard InChI is InChI=1S/C13H16FNO3S/c1-10(16)11-5-7-15(8-6-11)19(17,18)13-4-2-3-12(14)9-13/h2-4,9,11H,5-8H2,1H3. The van der Waals surface area contributed by atoms with Crippen molar-refractivity contribution in [2.45, 2.75) is 24.7 Å². The number of carbonyl (C=O) groups is 1. The van der Waals surface area contributed by atoms with Gasteiger partial charge in [0.15, 0.2) is 0 Å². The highest BCUT2D eigenvalue weighted by atomic mass is 32.2. The quantitative estimate of drug-likeness (QED) is 0.851. The molecule has 0 bridgehead atoms. The smallest absolute Gasteiger partial charge is 0.243 e. The van der Waals surface area contributed by atoms with Gasteiger partial charge in [0.05, 0.1) is 4.90 Å². The molecule has 6 heteroatoms. The first kappa shape index (κ1) is 14.1. The molecule has 1 heterocycles. The maximum absolute atomic E-state index is 13.1. The van der Waals surface area contributed by atoms with Gasteiger partial charge in [0, 0.05) is 19.0 Å². The zero-order valence-corrected chi connectivity index (χ0v) is 11.5. The Morgan fingerprint density at radius 3 is 2.47 bits per heavy atom. The third-order valence-corrected chi connectivity index (χ3v) is 5.36. The SMILES string of the molecule is CC(=O)C1CCN(S(=O)(=O)c2cccc(F)c2)CC1. The largest absolute Gasteiger partial charge is 0.300 e. The van der Waals surface area contributed by atoms with E-state index in [0.29, 0.717) is 25.9 Å². The Balaban J connectivity index is 2.16. The van der Waals surface area contributed by atoms with Gasteiger partial charge in [-0.15, -0.1) is 0 Å². The lowest BCUT2D eigenvalue weighted by Crippen LogP contribution is -2.39. The summed E-state index contributed by atoms with van der Waals surface area (Å²) in [5.74, 6) is -0.526. The maximum Gasteiger partial charge on any atom is 0.243 e. The normalized spacial score (nSPS) is 18.4. The summed E-state index contributed by atoms with van der Waals surface area (Å²) in [7, 11) is -3.65. The number of carbonyl (C=O) groups excluding carboxylic acids is 1. The van der Waals surface area contributed by atoms with Crippen LogP contribution in [0.3, 0.4) is 0 Å². The summed E-state index contributed by atoms with van der Waals surface area (Å²) < 4.78 is 39.0. The molecule has 1 aromatic carbocycles. The number of hydrogen-bond donors (Lipinski definition) is 0. The Morgan fingerprint density at radius 1 is 1.32 bits per heavy atom. The molecule has 1 aliphatic rings. The molecular weight excluding hydrogens is 269 g/mol. The van der Waals surface area contributed by atoms with Crippen LogP contribution < -0.4 is 0 Å². The van der Waals surface area contributed by atoms with Gasteiger partial charge in [-0.25, -0.2) is 12.8 Å². The van der Waals surface area contributed by atoms with Crippen molar-refractivity contribution >= 4 is 15.8 Å². The monoisotopic (exact) mass is 285 g/mol. The van der Waals surface area contributed by atoms with E-state index in [9.17, 15) is 17.6 Å². The van der Waals surface area contributed by atoms with Crippen LogP contribution in [0.15, 0.2) is 29.2 Å². The molecule has 0 N–H and O–H groups in total. The highest BCUT2D eigenvalue weighted by Gasteiger charge is 2.30. The lowest BCUT2D eigenvalue weighted by atomic mass is 9.95. The van der Waals surface area contributed by atoms with Gasteiger partial charge < -0.3 is 0 Å². The number of rotatable bonds is 3. The molecule has 19 heavy (non-hydrogen) atoms. The number of ketones is 1. The van der Waals surface area contributed by atoms with Crippen molar-refractivity contribution in [1.82, 2.24) is 4.31 Å². The number of Topliss-reactive ketones (excluding diaryl/α,β-unsaturated/α-hetero) is 1. The average molecular weight is 285 g/mol.